The van der Waals surface area contributed by atoms with Crippen molar-refractivity contribution in [2.75, 3.05) is 19.8 Å². The lowest BCUT2D eigenvalue weighted by atomic mass is 10.1. The molecule has 0 rings (SSSR count). The Kier molecular flexibility index (Phi) is 32.8. The lowest BCUT2D eigenvalue weighted by Gasteiger charge is -2.15. The van der Waals surface area contributed by atoms with E-state index >= 15 is 0 Å². The Morgan fingerprint density at radius 2 is 1.07 bits per heavy atom. The molecule has 42 heavy (non-hydrogen) atoms. The quantitative estimate of drug-likeness (QED) is 0.0541. The number of aliphatic hydroxyl groups is 1. The number of unbranched alkanes of at least 4 members (excludes halogenated alkanes) is 7. The number of carbonyl (C=O) groups excluding carboxylic acids is 1. The number of carbonyl (C=O) groups is 1. The molecule has 1 unspecified atom stereocenters. The average molecular weight is 583 g/mol. The second-order valence-electron chi connectivity index (χ2n) is 10.5. The summed E-state index contributed by atoms with van der Waals surface area (Å²) in [5, 5.41) is 9.41. The van der Waals surface area contributed by atoms with Gasteiger partial charge in [-0.1, -0.05) is 131 Å². The SMILES string of the molecule is CC/C=C\C/C=C\C/C=C\C/C=C\C/C=C\C/C=C\C/C=C\CCCCCCOCC(CO)OC(=O)CCCCCC. The molecular formula is C38H62O4. The zero-order valence-corrected chi connectivity index (χ0v) is 27.0. The van der Waals surface area contributed by atoms with Crippen molar-refractivity contribution in [2.45, 2.75) is 129 Å². The first-order chi connectivity index (χ1) is 20.7. The van der Waals surface area contributed by atoms with E-state index in [1.54, 1.807) is 0 Å². The molecule has 1 atom stereocenters. The summed E-state index contributed by atoms with van der Waals surface area (Å²) >= 11 is 0. The molecule has 4 nitrogen and oxygen atoms in total. The third kappa shape index (κ3) is 32.1. The minimum absolute atomic E-state index is 0.189. The summed E-state index contributed by atoms with van der Waals surface area (Å²) < 4.78 is 10.9. The van der Waals surface area contributed by atoms with Crippen LogP contribution in [-0.2, 0) is 14.3 Å². The number of hydrogen-bond acceptors (Lipinski definition) is 4. The summed E-state index contributed by atoms with van der Waals surface area (Å²) in [6, 6.07) is 0. The highest BCUT2D eigenvalue weighted by Gasteiger charge is 2.13. The summed E-state index contributed by atoms with van der Waals surface area (Å²) in [4.78, 5) is 11.8. The van der Waals surface area contributed by atoms with Gasteiger partial charge in [0.15, 0.2) is 0 Å². The smallest absolute Gasteiger partial charge is 0.306 e. The Morgan fingerprint density at radius 1 is 0.595 bits per heavy atom. The second-order valence-corrected chi connectivity index (χ2v) is 10.5. The van der Waals surface area contributed by atoms with Crippen molar-refractivity contribution in [3.8, 4) is 0 Å². The van der Waals surface area contributed by atoms with Crippen molar-refractivity contribution >= 4 is 5.97 Å². The van der Waals surface area contributed by atoms with Gasteiger partial charge in [-0.2, -0.15) is 0 Å². The van der Waals surface area contributed by atoms with Crippen LogP contribution >= 0.6 is 0 Å². The van der Waals surface area contributed by atoms with Crippen molar-refractivity contribution < 1.29 is 19.4 Å². The molecule has 0 aliphatic carbocycles. The average Bonchev–Trinajstić information content (AvgIpc) is 3.00. The van der Waals surface area contributed by atoms with Gasteiger partial charge in [-0.3, -0.25) is 4.79 Å². The molecule has 0 saturated heterocycles. The highest BCUT2D eigenvalue weighted by molar-refractivity contribution is 5.69. The van der Waals surface area contributed by atoms with E-state index in [2.05, 4.69) is 98.9 Å². The van der Waals surface area contributed by atoms with E-state index in [0.717, 1.165) is 89.9 Å². The van der Waals surface area contributed by atoms with Crippen LogP contribution in [0.1, 0.15) is 123 Å². The normalized spacial score (nSPS) is 13.5. The van der Waals surface area contributed by atoms with Crippen LogP contribution in [0, 0.1) is 0 Å². The van der Waals surface area contributed by atoms with Crippen LogP contribution in [0.3, 0.4) is 0 Å². The predicted octanol–water partition coefficient (Wildman–Crippen LogP) is 10.5. The van der Waals surface area contributed by atoms with Crippen molar-refractivity contribution in [1.29, 1.82) is 0 Å². The Morgan fingerprint density at radius 3 is 1.57 bits per heavy atom. The number of ether oxygens (including phenoxy) is 2. The maximum Gasteiger partial charge on any atom is 0.306 e. The Balaban J connectivity index is 3.56. The standard InChI is InChI=1S/C38H62O4/c1-3-5-7-9-10-11-12-13-14-15-16-17-18-19-20-21-22-23-24-25-26-27-28-29-30-32-34-41-36-37(35-39)42-38(40)33-31-8-6-4-2/h5,7,10-11,13-14,16-17,19-20,22-23,25-26,37,39H,3-4,6,8-9,12,15,18,21,24,27-36H2,1-2H3/b7-5-,11-10-,14-13-,17-16-,20-19-,23-22-,26-25-. The van der Waals surface area contributed by atoms with Crippen LogP contribution in [0.25, 0.3) is 0 Å². The van der Waals surface area contributed by atoms with Gasteiger partial charge in [-0.15, -0.1) is 0 Å². The summed E-state index contributed by atoms with van der Waals surface area (Å²) in [5.74, 6) is -0.234. The van der Waals surface area contributed by atoms with Crippen LogP contribution in [0.4, 0.5) is 0 Å². The van der Waals surface area contributed by atoms with Crippen molar-refractivity contribution in [3.63, 3.8) is 0 Å². The molecule has 0 aliphatic heterocycles. The van der Waals surface area contributed by atoms with Crippen molar-refractivity contribution in [2.24, 2.45) is 0 Å². The highest BCUT2D eigenvalue weighted by Crippen LogP contribution is 2.07. The highest BCUT2D eigenvalue weighted by atomic mass is 16.6. The third-order valence-electron chi connectivity index (χ3n) is 6.48. The summed E-state index contributed by atoms with van der Waals surface area (Å²) in [7, 11) is 0. The van der Waals surface area contributed by atoms with E-state index in [-0.39, 0.29) is 19.2 Å². The third-order valence-corrected chi connectivity index (χ3v) is 6.48. The molecule has 0 fully saturated rings. The Bertz CT molecular complexity index is 785. The van der Waals surface area contributed by atoms with Gasteiger partial charge in [0.1, 0.15) is 6.10 Å². The van der Waals surface area contributed by atoms with Gasteiger partial charge in [0.25, 0.3) is 0 Å². The Labute approximate surface area is 259 Å². The number of rotatable bonds is 29. The maximum absolute atomic E-state index is 11.8. The molecule has 0 heterocycles. The summed E-state index contributed by atoms with van der Waals surface area (Å²) in [6.07, 6.45) is 48.1. The number of hydrogen-bond donors (Lipinski definition) is 1. The van der Waals surface area contributed by atoms with E-state index in [1.807, 2.05) is 0 Å². The van der Waals surface area contributed by atoms with Crippen LogP contribution < -0.4 is 0 Å². The van der Waals surface area contributed by atoms with E-state index < -0.39 is 6.10 Å². The molecule has 238 valence electrons. The minimum atomic E-state index is -0.546. The molecule has 0 aromatic heterocycles. The fourth-order valence-corrected chi connectivity index (χ4v) is 4.01. The van der Waals surface area contributed by atoms with Crippen molar-refractivity contribution in [3.05, 3.63) is 85.1 Å². The number of esters is 1. The zero-order valence-electron chi connectivity index (χ0n) is 27.0. The van der Waals surface area contributed by atoms with Gasteiger partial charge < -0.3 is 14.6 Å². The van der Waals surface area contributed by atoms with E-state index in [9.17, 15) is 9.90 Å². The fourth-order valence-electron chi connectivity index (χ4n) is 4.01. The molecule has 0 spiro atoms. The molecule has 0 bridgehead atoms. The first-order valence-electron chi connectivity index (χ1n) is 16.7. The van der Waals surface area contributed by atoms with Crippen LogP contribution in [-0.4, -0.2) is 37.0 Å². The molecular weight excluding hydrogens is 520 g/mol. The van der Waals surface area contributed by atoms with Gasteiger partial charge in [0, 0.05) is 13.0 Å². The van der Waals surface area contributed by atoms with Gasteiger partial charge in [0.2, 0.25) is 0 Å². The molecule has 0 radical (unpaired) electrons. The number of allylic oxidation sites excluding steroid dienone is 14. The monoisotopic (exact) mass is 582 g/mol. The van der Waals surface area contributed by atoms with Gasteiger partial charge >= 0.3 is 5.97 Å². The summed E-state index contributed by atoms with van der Waals surface area (Å²) in [6.45, 7) is 5.03. The fraction of sp³-hybridized carbons (Fsp3) is 0.605. The van der Waals surface area contributed by atoms with E-state index in [4.69, 9.17) is 9.47 Å². The molecule has 0 saturated carbocycles. The largest absolute Gasteiger partial charge is 0.457 e. The van der Waals surface area contributed by atoms with E-state index in [1.165, 1.54) is 12.8 Å². The minimum Gasteiger partial charge on any atom is -0.457 e. The Hall–Kier alpha value is -2.43. The number of aliphatic hydroxyl groups excluding tert-OH is 1. The van der Waals surface area contributed by atoms with Gasteiger partial charge in [-0.25, -0.2) is 0 Å². The van der Waals surface area contributed by atoms with Crippen LogP contribution in [0.5, 0.6) is 0 Å². The van der Waals surface area contributed by atoms with E-state index in [0.29, 0.717) is 13.0 Å². The zero-order chi connectivity index (χ0) is 30.6. The molecule has 0 amide bonds. The van der Waals surface area contributed by atoms with Gasteiger partial charge in [-0.05, 0) is 70.6 Å². The molecule has 4 heteroatoms. The van der Waals surface area contributed by atoms with Crippen LogP contribution in [0.15, 0.2) is 85.1 Å². The maximum atomic E-state index is 11.8. The van der Waals surface area contributed by atoms with Crippen molar-refractivity contribution in [1.82, 2.24) is 0 Å². The first-order valence-corrected chi connectivity index (χ1v) is 16.7. The predicted molar refractivity (Wildman–Crippen MR) is 182 cm³/mol. The summed E-state index contributed by atoms with van der Waals surface area (Å²) in [5.41, 5.74) is 0. The molecule has 0 aliphatic rings. The van der Waals surface area contributed by atoms with Gasteiger partial charge in [0.05, 0.1) is 13.2 Å². The molecule has 1 N–H and O–H groups in total. The lowest BCUT2D eigenvalue weighted by Crippen LogP contribution is -2.27. The van der Waals surface area contributed by atoms with Crippen LogP contribution in [0.2, 0.25) is 0 Å². The second kappa shape index (κ2) is 34.8. The lowest BCUT2D eigenvalue weighted by molar-refractivity contribution is -0.154. The topological polar surface area (TPSA) is 55.8 Å². The first kappa shape index (κ1) is 39.6. The molecule has 0 aromatic carbocycles. The molecule has 0 aromatic rings.